The molecule has 4 N–H and O–H groups in total. The lowest BCUT2D eigenvalue weighted by Gasteiger charge is -2.31. The number of phenols is 1. The van der Waals surface area contributed by atoms with Gasteiger partial charge in [0.25, 0.3) is 0 Å². The largest absolute Gasteiger partial charge is 0.508 e. The summed E-state index contributed by atoms with van der Waals surface area (Å²) in [7, 11) is 0. The third-order valence-corrected chi connectivity index (χ3v) is 4.29. The molecule has 3 amide bonds. The Hall–Kier alpha value is -2.81. The molecule has 0 saturated heterocycles. The Kier molecular flexibility index (Phi) is 10.8. The lowest BCUT2D eigenvalue weighted by molar-refractivity contribution is -0.140. The zero-order chi connectivity index (χ0) is 23.4. The van der Waals surface area contributed by atoms with Gasteiger partial charge in [-0.25, -0.2) is 4.79 Å². The van der Waals surface area contributed by atoms with Crippen LogP contribution in [-0.2, 0) is 14.3 Å². The highest BCUT2D eigenvalue weighted by Gasteiger charge is 2.31. The van der Waals surface area contributed by atoms with Crippen molar-refractivity contribution in [3.63, 3.8) is 0 Å². The smallest absolute Gasteiger partial charge is 0.408 e. The topological polar surface area (TPSA) is 128 Å². The highest BCUT2D eigenvalue weighted by Crippen LogP contribution is 2.23. The van der Waals surface area contributed by atoms with Crippen molar-refractivity contribution in [1.29, 1.82) is 0 Å². The summed E-state index contributed by atoms with van der Waals surface area (Å²) in [4.78, 5) is 39.0. The highest BCUT2D eigenvalue weighted by atomic mass is 16.6. The molecular formula is C22H35N3O6. The second kappa shape index (κ2) is 12.8. The van der Waals surface area contributed by atoms with Gasteiger partial charge < -0.3 is 30.5 Å². The van der Waals surface area contributed by atoms with Gasteiger partial charge in [0.1, 0.15) is 23.9 Å². The van der Waals surface area contributed by atoms with Gasteiger partial charge in [-0.15, -0.1) is 0 Å². The Morgan fingerprint density at radius 3 is 2.29 bits per heavy atom. The molecule has 1 rings (SSSR count). The molecule has 0 spiro atoms. The number of phenolic OH excluding ortho intramolecular Hbond substituents is 1. The lowest BCUT2D eigenvalue weighted by atomic mass is 10.0. The summed E-state index contributed by atoms with van der Waals surface area (Å²) in [5.41, 5.74) is -0.241. The maximum Gasteiger partial charge on any atom is 0.408 e. The van der Waals surface area contributed by atoms with Crippen LogP contribution >= 0.6 is 0 Å². The highest BCUT2D eigenvalue weighted by molar-refractivity contribution is 5.90. The van der Waals surface area contributed by atoms with E-state index in [4.69, 9.17) is 4.74 Å². The number of nitrogens with zero attached hydrogens (tertiary/aromatic N) is 1. The van der Waals surface area contributed by atoms with E-state index in [9.17, 15) is 24.6 Å². The fourth-order valence-electron chi connectivity index (χ4n) is 2.88. The quantitative estimate of drug-likeness (QED) is 0.393. The number of aromatic hydroxyl groups is 1. The molecule has 9 nitrogen and oxygen atoms in total. The Balaban J connectivity index is 3.02. The maximum atomic E-state index is 13.0. The fourth-order valence-corrected chi connectivity index (χ4v) is 2.88. The molecule has 0 radical (unpaired) electrons. The van der Waals surface area contributed by atoms with Crippen molar-refractivity contribution in [2.45, 2.75) is 58.6 Å². The third kappa shape index (κ3) is 9.69. The van der Waals surface area contributed by atoms with Crippen LogP contribution in [0, 0.1) is 0 Å². The first-order valence-electron chi connectivity index (χ1n) is 10.5. The number of nitrogens with one attached hydrogen (secondary N) is 2. The molecule has 0 aliphatic carbocycles. The number of aliphatic hydroxyl groups excluding tert-OH is 1. The van der Waals surface area contributed by atoms with Gasteiger partial charge in [0.05, 0.1) is 6.61 Å². The van der Waals surface area contributed by atoms with Gasteiger partial charge in [-0.2, -0.15) is 0 Å². The first kappa shape index (κ1) is 26.2. The number of amides is 3. The Bertz CT molecular complexity index is 715. The lowest BCUT2D eigenvalue weighted by Crippen LogP contribution is -2.48. The normalized spacial score (nSPS) is 12.0. The van der Waals surface area contributed by atoms with Crippen LogP contribution in [0.3, 0.4) is 0 Å². The summed E-state index contributed by atoms with van der Waals surface area (Å²) in [5, 5.41) is 24.3. The van der Waals surface area contributed by atoms with Crippen LogP contribution in [0.5, 0.6) is 5.75 Å². The fraction of sp³-hybridized carbons (Fsp3) is 0.591. The van der Waals surface area contributed by atoms with Crippen molar-refractivity contribution in [2.24, 2.45) is 0 Å². The van der Waals surface area contributed by atoms with Crippen LogP contribution in [0.1, 0.15) is 58.6 Å². The van der Waals surface area contributed by atoms with E-state index in [1.807, 2.05) is 0 Å². The van der Waals surface area contributed by atoms with E-state index in [1.54, 1.807) is 32.9 Å². The number of rotatable bonds is 11. The van der Waals surface area contributed by atoms with Gasteiger partial charge in [-0.3, -0.25) is 9.59 Å². The molecule has 0 heterocycles. The van der Waals surface area contributed by atoms with E-state index in [1.165, 1.54) is 17.0 Å². The van der Waals surface area contributed by atoms with Gasteiger partial charge in [0.15, 0.2) is 0 Å². The second-order valence-electron chi connectivity index (χ2n) is 8.16. The molecule has 1 atom stereocenters. The number of hydrogen-bond donors (Lipinski definition) is 4. The van der Waals surface area contributed by atoms with Crippen molar-refractivity contribution in [2.75, 3.05) is 26.2 Å². The molecule has 9 heteroatoms. The molecule has 0 aromatic heterocycles. The van der Waals surface area contributed by atoms with Crippen molar-refractivity contribution in [3.8, 4) is 5.75 Å². The van der Waals surface area contributed by atoms with Gasteiger partial charge in [-0.05, 0) is 44.9 Å². The van der Waals surface area contributed by atoms with Crippen molar-refractivity contribution in [3.05, 3.63) is 29.8 Å². The zero-order valence-corrected chi connectivity index (χ0v) is 18.8. The predicted octanol–water partition coefficient (Wildman–Crippen LogP) is 2.09. The van der Waals surface area contributed by atoms with Crippen LogP contribution in [-0.4, -0.2) is 64.9 Å². The average Bonchev–Trinajstić information content (AvgIpc) is 2.69. The Morgan fingerprint density at radius 2 is 1.74 bits per heavy atom. The minimum Gasteiger partial charge on any atom is -0.508 e. The monoisotopic (exact) mass is 437 g/mol. The molecular weight excluding hydrogens is 402 g/mol. The van der Waals surface area contributed by atoms with Crippen LogP contribution in [0.2, 0.25) is 0 Å². The number of hydrogen-bond acceptors (Lipinski definition) is 6. The van der Waals surface area contributed by atoms with Crippen LogP contribution in [0.15, 0.2) is 24.3 Å². The van der Waals surface area contributed by atoms with Gasteiger partial charge >= 0.3 is 6.09 Å². The van der Waals surface area contributed by atoms with Gasteiger partial charge in [0, 0.05) is 13.1 Å². The first-order valence-corrected chi connectivity index (χ1v) is 10.5. The number of ether oxygens (including phenoxy) is 1. The summed E-state index contributed by atoms with van der Waals surface area (Å²) in [6.45, 7) is 6.76. The van der Waals surface area contributed by atoms with E-state index in [-0.39, 0.29) is 18.9 Å². The van der Waals surface area contributed by atoms with E-state index in [2.05, 4.69) is 17.6 Å². The van der Waals surface area contributed by atoms with E-state index < -0.39 is 36.1 Å². The van der Waals surface area contributed by atoms with E-state index >= 15 is 0 Å². The SMILES string of the molecule is CCCCCNC(=O)C(c1ccc(O)cc1)N(CCO)C(=O)CNC(=O)OC(C)(C)C. The molecule has 0 fully saturated rings. The number of alkyl carbamates (subject to hydrolysis) is 1. The number of benzene rings is 1. The number of unbranched alkanes of at least 4 members (excludes halogenated alkanes) is 2. The first-order chi connectivity index (χ1) is 14.6. The summed E-state index contributed by atoms with van der Waals surface area (Å²) < 4.78 is 5.13. The molecule has 174 valence electrons. The minimum absolute atomic E-state index is 0.0254. The van der Waals surface area contributed by atoms with Crippen molar-refractivity contribution in [1.82, 2.24) is 15.5 Å². The molecule has 0 saturated carbocycles. The number of aliphatic hydroxyl groups is 1. The Morgan fingerprint density at radius 1 is 1.10 bits per heavy atom. The summed E-state index contributed by atoms with van der Waals surface area (Å²) in [6, 6.07) is 4.91. The zero-order valence-electron chi connectivity index (χ0n) is 18.8. The van der Waals surface area contributed by atoms with Crippen molar-refractivity contribution >= 4 is 17.9 Å². The summed E-state index contributed by atoms with van der Waals surface area (Å²) in [6.07, 6.45) is 2.01. The summed E-state index contributed by atoms with van der Waals surface area (Å²) >= 11 is 0. The van der Waals surface area contributed by atoms with E-state index in [0.717, 1.165) is 19.3 Å². The molecule has 31 heavy (non-hydrogen) atoms. The molecule has 1 aromatic carbocycles. The molecule has 1 unspecified atom stereocenters. The van der Waals surface area contributed by atoms with E-state index in [0.29, 0.717) is 12.1 Å². The molecule has 0 aliphatic heterocycles. The predicted molar refractivity (Wildman–Crippen MR) is 116 cm³/mol. The van der Waals surface area contributed by atoms with Crippen LogP contribution in [0.4, 0.5) is 4.79 Å². The minimum atomic E-state index is -1.03. The van der Waals surface area contributed by atoms with Crippen LogP contribution in [0.25, 0.3) is 0 Å². The summed E-state index contributed by atoms with van der Waals surface area (Å²) in [5.74, 6) is -0.931. The number of carbonyl (C=O) groups excluding carboxylic acids is 3. The van der Waals surface area contributed by atoms with Crippen LogP contribution < -0.4 is 10.6 Å². The third-order valence-electron chi connectivity index (χ3n) is 4.29. The number of carbonyl (C=O) groups is 3. The van der Waals surface area contributed by atoms with Crippen molar-refractivity contribution < 1.29 is 29.3 Å². The Labute approximate surface area is 183 Å². The molecule has 0 aliphatic rings. The molecule has 1 aromatic rings. The van der Waals surface area contributed by atoms with Gasteiger partial charge in [-0.1, -0.05) is 31.9 Å². The second-order valence-corrected chi connectivity index (χ2v) is 8.16. The molecule has 0 bridgehead atoms. The average molecular weight is 438 g/mol. The standard InChI is InChI=1S/C22H35N3O6/c1-5-6-7-12-23-20(29)19(16-8-10-17(27)11-9-16)25(13-14-26)18(28)15-24-21(30)31-22(2,3)4/h8-11,19,26-27H,5-7,12-15H2,1-4H3,(H,23,29)(H,24,30). The maximum absolute atomic E-state index is 13.0. The van der Waals surface area contributed by atoms with Gasteiger partial charge in [0.2, 0.25) is 11.8 Å².